The molecule has 1 amide bonds. The minimum Gasteiger partial charge on any atom is -0.342 e. The summed E-state index contributed by atoms with van der Waals surface area (Å²) in [5, 5.41) is 3.62. The quantitative estimate of drug-likeness (QED) is 0.857. The van der Waals surface area contributed by atoms with Gasteiger partial charge in [0.05, 0.1) is 0 Å². The molecule has 2 unspecified atom stereocenters. The van der Waals surface area contributed by atoms with Crippen LogP contribution < -0.4 is 5.32 Å². The first-order valence-corrected chi connectivity index (χ1v) is 8.84. The molecule has 1 N–H and O–H groups in total. The molecule has 0 aromatic carbocycles. The smallest absolute Gasteiger partial charge is 0.222 e. The van der Waals surface area contributed by atoms with Crippen molar-refractivity contribution in [3.63, 3.8) is 0 Å². The summed E-state index contributed by atoms with van der Waals surface area (Å²) in [5.74, 6) is 1.98. The van der Waals surface area contributed by atoms with Crippen LogP contribution in [-0.4, -0.2) is 36.5 Å². The molecule has 0 spiro atoms. The van der Waals surface area contributed by atoms with E-state index in [0.29, 0.717) is 17.9 Å². The van der Waals surface area contributed by atoms with Gasteiger partial charge in [-0.3, -0.25) is 4.79 Å². The van der Waals surface area contributed by atoms with Gasteiger partial charge in [-0.25, -0.2) is 0 Å². The Kier molecular flexibility index (Phi) is 4.98. The van der Waals surface area contributed by atoms with Crippen molar-refractivity contribution in [1.29, 1.82) is 0 Å². The van der Waals surface area contributed by atoms with E-state index in [1.807, 2.05) is 0 Å². The molecule has 3 aliphatic rings. The van der Waals surface area contributed by atoms with E-state index in [1.165, 1.54) is 57.9 Å². The molecule has 0 aromatic rings. The van der Waals surface area contributed by atoms with Crippen molar-refractivity contribution < 1.29 is 4.79 Å². The van der Waals surface area contributed by atoms with Gasteiger partial charge in [0, 0.05) is 25.6 Å². The van der Waals surface area contributed by atoms with Crippen molar-refractivity contribution in [3.8, 4) is 0 Å². The lowest BCUT2D eigenvalue weighted by Crippen LogP contribution is -2.45. The van der Waals surface area contributed by atoms with E-state index in [2.05, 4.69) is 10.2 Å². The molecular formula is C17H30N2O. The van der Waals surface area contributed by atoms with Crippen molar-refractivity contribution in [1.82, 2.24) is 10.2 Å². The molecule has 1 saturated carbocycles. The fraction of sp³-hybridized carbons (Fsp3) is 0.941. The van der Waals surface area contributed by atoms with Gasteiger partial charge in [-0.2, -0.15) is 0 Å². The normalized spacial score (nSPS) is 31.9. The van der Waals surface area contributed by atoms with E-state index in [-0.39, 0.29) is 0 Å². The van der Waals surface area contributed by atoms with E-state index in [4.69, 9.17) is 0 Å². The second-order valence-electron chi connectivity index (χ2n) is 7.13. The molecule has 20 heavy (non-hydrogen) atoms. The number of carbonyl (C=O) groups is 1. The molecule has 2 saturated heterocycles. The first-order valence-electron chi connectivity index (χ1n) is 8.84. The van der Waals surface area contributed by atoms with Crippen LogP contribution in [0.25, 0.3) is 0 Å². The predicted molar refractivity (Wildman–Crippen MR) is 81.5 cm³/mol. The molecular weight excluding hydrogens is 248 g/mol. The summed E-state index contributed by atoms with van der Waals surface area (Å²) in [4.78, 5) is 14.6. The highest BCUT2D eigenvalue weighted by Crippen LogP contribution is 2.29. The van der Waals surface area contributed by atoms with Crippen LogP contribution in [0, 0.1) is 11.8 Å². The summed E-state index contributed by atoms with van der Waals surface area (Å²) in [5.41, 5.74) is 0. The molecule has 1 aliphatic carbocycles. The van der Waals surface area contributed by atoms with Crippen molar-refractivity contribution in [3.05, 3.63) is 0 Å². The molecule has 3 nitrogen and oxygen atoms in total. The Labute approximate surface area is 123 Å². The number of hydrogen-bond acceptors (Lipinski definition) is 2. The largest absolute Gasteiger partial charge is 0.342 e. The highest BCUT2D eigenvalue weighted by molar-refractivity contribution is 5.76. The second-order valence-corrected chi connectivity index (χ2v) is 7.13. The first-order chi connectivity index (χ1) is 9.83. The molecule has 2 aliphatic heterocycles. The Bertz CT molecular complexity index is 319. The fourth-order valence-electron chi connectivity index (χ4n) is 4.46. The summed E-state index contributed by atoms with van der Waals surface area (Å²) < 4.78 is 0. The summed E-state index contributed by atoms with van der Waals surface area (Å²) in [6.45, 7) is 3.20. The predicted octanol–water partition coefficient (Wildman–Crippen LogP) is 2.95. The van der Waals surface area contributed by atoms with E-state index < -0.39 is 0 Å². The monoisotopic (exact) mass is 278 g/mol. The Morgan fingerprint density at radius 2 is 1.90 bits per heavy atom. The number of piperidine rings is 1. The topological polar surface area (TPSA) is 32.3 Å². The van der Waals surface area contributed by atoms with Gasteiger partial charge in [0.25, 0.3) is 0 Å². The molecule has 114 valence electrons. The number of nitrogens with one attached hydrogen (secondary N) is 1. The highest BCUT2D eigenvalue weighted by atomic mass is 16.2. The number of hydrogen-bond donors (Lipinski definition) is 1. The van der Waals surface area contributed by atoms with Crippen LogP contribution >= 0.6 is 0 Å². The maximum Gasteiger partial charge on any atom is 0.222 e. The van der Waals surface area contributed by atoms with Gasteiger partial charge in [-0.15, -0.1) is 0 Å². The van der Waals surface area contributed by atoms with Crippen LogP contribution in [0.5, 0.6) is 0 Å². The molecule has 3 fully saturated rings. The van der Waals surface area contributed by atoms with E-state index in [9.17, 15) is 4.79 Å². The van der Waals surface area contributed by atoms with Gasteiger partial charge in [-0.05, 0) is 50.5 Å². The molecule has 0 radical (unpaired) electrons. The highest BCUT2D eigenvalue weighted by Gasteiger charge is 2.30. The summed E-state index contributed by atoms with van der Waals surface area (Å²) >= 11 is 0. The lowest BCUT2D eigenvalue weighted by atomic mass is 9.89. The number of nitrogens with zero attached hydrogens (tertiary/aromatic N) is 1. The van der Waals surface area contributed by atoms with Crippen LogP contribution in [0.3, 0.4) is 0 Å². The third-order valence-corrected chi connectivity index (χ3v) is 5.72. The molecule has 0 aromatic heterocycles. The van der Waals surface area contributed by atoms with Crippen molar-refractivity contribution in [2.24, 2.45) is 11.8 Å². The lowest BCUT2D eigenvalue weighted by molar-refractivity contribution is -0.133. The van der Waals surface area contributed by atoms with Crippen molar-refractivity contribution in [2.75, 3.05) is 19.6 Å². The van der Waals surface area contributed by atoms with E-state index in [1.54, 1.807) is 0 Å². The summed E-state index contributed by atoms with van der Waals surface area (Å²) in [6, 6.07) is 0.681. The minimum atomic E-state index is 0.430. The Morgan fingerprint density at radius 3 is 2.65 bits per heavy atom. The van der Waals surface area contributed by atoms with Crippen LogP contribution in [0.4, 0.5) is 0 Å². The van der Waals surface area contributed by atoms with Crippen LogP contribution in [-0.2, 0) is 4.79 Å². The van der Waals surface area contributed by atoms with Gasteiger partial charge >= 0.3 is 0 Å². The first kappa shape index (κ1) is 14.4. The molecule has 0 bridgehead atoms. The van der Waals surface area contributed by atoms with E-state index >= 15 is 0 Å². The molecule has 2 heterocycles. The van der Waals surface area contributed by atoms with Crippen LogP contribution in [0.1, 0.15) is 64.2 Å². The van der Waals surface area contributed by atoms with Gasteiger partial charge < -0.3 is 10.2 Å². The zero-order valence-corrected chi connectivity index (χ0v) is 12.8. The van der Waals surface area contributed by atoms with Gasteiger partial charge in [0.2, 0.25) is 5.91 Å². The second kappa shape index (κ2) is 6.93. The van der Waals surface area contributed by atoms with Crippen molar-refractivity contribution >= 4 is 5.91 Å². The molecule has 2 atom stereocenters. The maximum atomic E-state index is 12.4. The number of rotatable bonds is 4. The van der Waals surface area contributed by atoms with Crippen LogP contribution in [0.15, 0.2) is 0 Å². The van der Waals surface area contributed by atoms with E-state index in [0.717, 1.165) is 31.8 Å². The Morgan fingerprint density at radius 1 is 1.05 bits per heavy atom. The minimum absolute atomic E-state index is 0.430. The average Bonchev–Trinajstić information content (AvgIpc) is 3.18. The Hall–Kier alpha value is -0.570. The Balaban J connectivity index is 1.44. The number of carbonyl (C=O) groups excluding carboxylic acids is 1. The summed E-state index contributed by atoms with van der Waals surface area (Å²) in [7, 11) is 0. The van der Waals surface area contributed by atoms with Gasteiger partial charge in [0.1, 0.15) is 0 Å². The fourth-order valence-corrected chi connectivity index (χ4v) is 4.46. The lowest BCUT2D eigenvalue weighted by Gasteiger charge is -2.36. The van der Waals surface area contributed by atoms with Crippen molar-refractivity contribution in [2.45, 2.75) is 70.3 Å². The number of likely N-dealkylation sites (tertiary alicyclic amines) is 1. The summed E-state index contributed by atoms with van der Waals surface area (Å²) in [6.07, 6.45) is 12.6. The zero-order valence-electron chi connectivity index (χ0n) is 12.8. The van der Waals surface area contributed by atoms with Gasteiger partial charge in [0.15, 0.2) is 0 Å². The third kappa shape index (κ3) is 3.55. The third-order valence-electron chi connectivity index (χ3n) is 5.72. The SMILES string of the molecule is O=C(CCC1CCCC1)N1CCCC(C2CCCN2)C1. The molecule has 3 heteroatoms. The average molecular weight is 278 g/mol. The number of amides is 1. The van der Waals surface area contributed by atoms with Crippen LogP contribution in [0.2, 0.25) is 0 Å². The maximum absolute atomic E-state index is 12.4. The zero-order chi connectivity index (χ0) is 13.8. The van der Waals surface area contributed by atoms with Gasteiger partial charge in [-0.1, -0.05) is 25.7 Å². The standard InChI is InChI=1S/C17H30N2O/c20-17(10-9-14-5-1-2-6-14)19-12-4-7-15(13-19)16-8-3-11-18-16/h14-16,18H,1-13H2. The molecule has 3 rings (SSSR count).